The van der Waals surface area contributed by atoms with Crippen LogP contribution in [0.25, 0.3) is 0 Å². The molecule has 0 aromatic carbocycles. The molecule has 0 bridgehead atoms. The molecule has 1 N–H and O–H groups in total. The van der Waals surface area contributed by atoms with E-state index in [0.717, 1.165) is 0 Å². The van der Waals surface area contributed by atoms with Gasteiger partial charge in [-0.2, -0.15) is 0 Å². The van der Waals surface area contributed by atoms with Crippen molar-refractivity contribution in [3.05, 3.63) is 0 Å². The number of rotatable bonds is 2. The van der Waals surface area contributed by atoms with E-state index in [1.54, 1.807) is 0 Å². The topological polar surface area (TPSA) is 20.2 Å². The normalized spacial score (nSPS) is 18.1. The fourth-order valence-corrected chi connectivity index (χ4v) is 6.93. The van der Waals surface area contributed by atoms with Gasteiger partial charge in [0.1, 0.15) is 0 Å². The second-order valence-electron chi connectivity index (χ2n) is 1.09. The van der Waals surface area contributed by atoms with Crippen LogP contribution >= 0.6 is 63.1 Å². The molecule has 0 aromatic rings. The Kier molecular flexibility index (Phi) is 8.27. The van der Waals surface area contributed by atoms with Crippen molar-refractivity contribution >= 4 is 63.1 Å². The van der Waals surface area contributed by atoms with Crippen LogP contribution in [0.4, 0.5) is 0 Å². The van der Waals surface area contributed by atoms with E-state index >= 15 is 0 Å². The van der Waals surface area contributed by atoms with Gasteiger partial charge < -0.3 is 0 Å². The first-order valence-electron chi connectivity index (χ1n) is 1.46. The molecule has 1 nitrogen and oxygen atoms in total. The van der Waals surface area contributed by atoms with Crippen LogP contribution in [-0.4, -0.2) is 4.89 Å². The third-order valence-electron chi connectivity index (χ3n) is 0.241. The van der Waals surface area contributed by atoms with E-state index in [1.807, 2.05) is 0 Å². The molecule has 0 amide bonds. The molecule has 1 radical (unpaired) electrons. The van der Waals surface area contributed by atoms with Gasteiger partial charge >= 0.3 is 68.0 Å². The number of halogens is 3. The van der Waals surface area contributed by atoms with Crippen molar-refractivity contribution in [2.45, 2.75) is 0 Å². The summed E-state index contributed by atoms with van der Waals surface area (Å²) in [5.74, 6) is 0. The number of hydrogen-bond donors (Lipinski definition) is 1. The fourth-order valence-electron chi connectivity index (χ4n) is 0.0856. The van der Waals surface area contributed by atoms with E-state index in [2.05, 4.69) is 8.93 Å². The summed E-state index contributed by atoms with van der Waals surface area (Å²) in [6.07, 6.45) is 0. The van der Waals surface area contributed by atoms with Gasteiger partial charge in [-0.15, -0.1) is 0 Å². The molecule has 0 fully saturated rings. The third kappa shape index (κ3) is 14.1. The van der Waals surface area contributed by atoms with Crippen LogP contribution in [0.3, 0.4) is 0 Å². The Bertz CT molecular complexity index is 78.3. The van der Waals surface area contributed by atoms with Crippen molar-refractivity contribution in [3.8, 4) is 0 Å². The molecule has 0 aromatic heterocycles. The zero-order valence-corrected chi connectivity index (χ0v) is 13.0. The van der Waals surface area contributed by atoms with Crippen LogP contribution in [0.5, 0.6) is 0 Å². The van der Waals surface area contributed by atoms with Crippen LogP contribution < -0.4 is 0 Å². The number of hydrogen-bond acceptors (Lipinski definition) is 1. The Morgan fingerprint density at radius 3 is 1.67 bits per heavy atom. The zero-order chi connectivity index (χ0) is 6.86. The van der Waals surface area contributed by atoms with E-state index in [9.17, 15) is 0 Å². The van der Waals surface area contributed by atoms with E-state index in [-0.39, 0.29) is 36.9 Å². The minimum Gasteiger partial charge on any atom is 0 e. The molecule has 0 saturated heterocycles. The molecule has 9 heteroatoms. The summed E-state index contributed by atoms with van der Waals surface area (Å²) in [4.78, 5) is 8.37. The molecule has 0 rings (SSSR count). The minimum atomic E-state index is -2.98. The van der Waals surface area contributed by atoms with Crippen LogP contribution in [0, 0.1) is 0 Å². The van der Waals surface area contributed by atoms with E-state index < -0.39 is 4.04 Å². The molecule has 9 heavy (non-hydrogen) atoms. The standard InChI is InChI=1S/Cl3H5OP4.Re/c1-8(2,3,5)7-6-4;/h4,6-7H,5H2;. The predicted octanol–water partition coefficient (Wildman–Crippen LogP) is 3.88. The van der Waals surface area contributed by atoms with Gasteiger partial charge in [0.15, 0.2) is 0 Å². The largest absolute Gasteiger partial charge is 0 e. The summed E-state index contributed by atoms with van der Waals surface area (Å²) >= 11 is 16.7. The van der Waals surface area contributed by atoms with E-state index in [1.165, 1.54) is 0 Å². The molecular weight excluding hydrogens is 432 g/mol. The maximum absolute atomic E-state index is 8.37. The molecule has 0 spiro atoms. The Morgan fingerprint density at radius 2 is 1.67 bits per heavy atom. The first kappa shape index (κ1) is 14.7. The minimum absolute atomic E-state index is 0. The van der Waals surface area contributed by atoms with Crippen LogP contribution in [0.1, 0.15) is 0 Å². The van der Waals surface area contributed by atoms with Gasteiger partial charge in [-0.05, 0) is 0 Å². The van der Waals surface area contributed by atoms with Crippen molar-refractivity contribution in [2.75, 3.05) is 0 Å². The molecule has 0 aliphatic heterocycles. The summed E-state index contributed by atoms with van der Waals surface area (Å²) in [5, 5.41) is 0. The van der Waals surface area contributed by atoms with Crippen molar-refractivity contribution in [3.63, 3.8) is 0 Å². The monoisotopic (exact) mass is 437 g/mol. The zero-order valence-electron chi connectivity index (χ0n) is 3.98. The van der Waals surface area contributed by atoms with Gasteiger partial charge in [-0.3, -0.25) is 0 Å². The Balaban J connectivity index is 0. The van der Waals surface area contributed by atoms with E-state index in [0.29, 0.717) is 0 Å². The van der Waals surface area contributed by atoms with Crippen LogP contribution in [-0.2, 0) is 20.4 Å². The first-order chi connectivity index (χ1) is 3.31. The Hall–Kier alpha value is 3.21. The third-order valence-corrected chi connectivity index (χ3v) is 16.8. The Labute approximate surface area is 87.8 Å². The van der Waals surface area contributed by atoms with Crippen LogP contribution in [0.2, 0.25) is 0 Å². The van der Waals surface area contributed by atoms with Crippen molar-refractivity contribution in [1.82, 2.24) is 0 Å². The van der Waals surface area contributed by atoms with Crippen molar-refractivity contribution in [1.29, 1.82) is 0 Å². The Morgan fingerprint density at radius 1 is 1.33 bits per heavy atom. The second-order valence-corrected chi connectivity index (χ2v) is 27.4. The molecule has 59 valence electrons. The first-order valence-corrected chi connectivity index (χ1v) is 11.8. The molecular formula is H5Cl3OP4Re. The van der Waals surface area contributed by atoms with Gasteiger partial charge in [0.25, 0.3) is 0 Å². The quantitative estimate of drug-likeness (QED) is 0.650. The van der Waals surface area contributed by atoms with Crippen molar-refractivity contribution in [2.24, 2.45) is 0 Å². The summed E-state index contributed by atoms with van der Waals surface area (Å²) < 4.78 is -2.98. The maximum atomic E-state index is 8.37. The van der Waals surface area contributed by atoms with Crippen molar-refractivity contribution < 1.29 is 25.3 Å². The smallest absolute Gasteiger partial charge is 0 e. The summed E-state index contributed by atoms with van der Waals surface area (Å²) in [5.41, 5.74) is 0. The fraction of sp³-hybridized carbons (Fsp3) is 0. The summed E-state index contributed by atoms with van der Waals surface area (Å²) in [7, 11) is 1.98. The molecule has 0 saturated carbocycles. The molecule has 3 unspecified atom stereocenters. The van der Waals surface area contributed by atoms with Crippen LogP contribution in [0.15, 0.2) is 0 Å². The summed E-state index contributed by atoms with van der Waals surface area (Å²) in [6, 6.07) is 0. The van der Waals surface area contributed by atoms with Gasteiger partial charge in [0.05, 0.1) is 0 Å². The average molecular weight is 438 g/mol. The second kappa shape index (κ2) is 5.05. The average Bonchev–Trinajstić information content (AvgIpc) is 1.25. The van der Waals surface area contributed by atoms with Gasteiger partial charge in [-0.25, -0.2) is 0 Å². The molecule has 3 atom stereocenters. The molecule has 0 aliphatic carbocycles. The maximum Gasteiger partial charge on any atom is 0 e. The van der Waals surface area contributed by atoms with Gasteiger partial charge in [0, 0.05) is 20.4 Å². The molecule has 0 aliphatic rings. The van der Waals surface area contributed by atoms with Gasteiger partial charge in [-0.1, -0.05) is 0 Å². The predicted molar refractivity (Wildman–Crippen MR) is 53.0 cm³/mol. The van der Waals surface area contributed by atoms with Gasteiger partial charge in [0.2, 0.25) is 0 Å². The molecule has 0 heterocycles. The summed E-state index contributed by atoms with van der Waals surface area (Å²) in [6.45, 7) is 0. The van der Waals surface area contributed by atoms with E-state index in [4.69, 9.17) is 38.6 Å². The SMILES string of the molecule is OPPP(P)(Cl)(Cl)Cl.[Re].